The molecule has 1 aromatic carbocycles. The zero-order valence-corrected chi connectivity index (χ0v) is 12.5. The average Bonchev–Trinajstić information content (AvgIpc) is 2.40. The molecule has 0 aliphatic carbocycles. The lowest BCUT2D eigenvalue weighted by Gasteiger charge is -2.28. The summed E-state index contributed by atoms with van der Waals surface area (Å²) in [5, 5.41) is 0.655. The Hall–Kier alpha value is -0.810. The molecule has 0 amide bonds. The van der Waals surface area contributed by atoms with Crippen LogP contribution in [0, 0.1) is 0 Å². The number of hydrogen-bond donors (Lipinski definition) is 2. The van der Waals surface area contributed by atoms with E-state index in [-0.39, 0.29) is 12.1 Å². The first-order chi connectivity index (χ1) is 9.17. The van der Waals surface area contributed by atoms with Crippen LogP contribution in [0.1, 0.15) is 38.3 Å². The zero-order valence-electron chi connectivity index (χ0n) is 11.8. The van der Waals surface area contributed by atoms with E-state index in [0.717, 1.165) is 24.2 Å². The molecule has 0 radical (unpaired) electrons. The molecule has 0 aliphatic heterocycles. The van der Waals surface area contributed by atoms with Crippen LogP contribution >= 0.6 is 11.6 Å². The van der Waals surface area contributed by atoms with Gasteiger partial charge in [-0.25, -0.2) is 0 Å². The maximum absolute atomic E-state index is 6.07. The topological polar surface area (TPSA) is 56.5 Å². The third-order valence-corrected chi connectivity index (χ3v) is 3.27. The van der Waals surface area contributed by atoms with Gasteiger partial charge < -0.3 is 9.47 Å². The summed E-state index contributed by atoms with van der Waals surface area (Å²) in [6.45, 7) is 4.74. The molecule has 0 bridgehead atoms. The zero-order chi connectivity index (χ0) is 14.3. The summed E-state index contributed by atoms with van der Waals surface area (Å²) in [5.41, 5.74) is 3.75. The molecule has 0 heterocycles. The summed E-state index contributed by atoms with van der Waals surface area (Å²) in [6.07, 6.45) is 1.93. The fourth-order valence-electron chi connectivity index (χ4n) is 2.19. The van der Waals surface area contributed by atoms with E-state index in [9.17, 15) is 0 Å². The van der Waals surface area contributed by atoms with Gasteiger partial charge in [0.2, 0.25) is 0 Å². The number of nitrogens with one attached hydrogen (secondary N) is 1. The van der Waals surface area contributed by atoms with Crippen molar-refractivity contribution in [3.05, 3.63) is 28.8 Å². The summed E-state index contributed by atoms with van der Waals surface area (Å²) < 4.78 is 11.2. The van der Waals surface area contributed by atoms with Crippen molar-refractivity contribution in [3.8, 4) is 5.75 Å². The van der Waals surface area contributed by atoms with Crippen LogP contribution in [-0.2, 0) is 4.74 Å². The van der Waals surface area contributed by atoms with Crippen LogP contribution in [0.15, 0.2) is 18.2 Å². The van der Waals surface area contributed by atoms with Crippen LogP contribution in [-0.4, -0.2) is 19.8 Å². The molecule has 5 heteroatoms. The van der Waals surface area contributed by atoms with Gasteiger partial charge in [-0.05, 0) is 31.5 Å². The van der Waals surface area contributed by atoms with Gasteiger partial charge in [0.15, 0.2) is 0 Å². The molecular formula is C14H23ClN2O2. The quantitative estimate of drug-likeness (QED) is 0.570. The minimum Gasteiger partial charge on any atom is -0.496 e. The lowest BCUT2D eigenvalue weighted by Crippen LogP contribution is -2.38. The predicted molar refractivity (Wildman–Crippen MR) is 78.4 cm³/mol. The van der Waals surface area contributed by atoms with E-state index in [1.54, 1.807) is 13.2 Å². The smallest absolute Gasteiger partial charge is 0.123 e. The second-order valence-electron chi connectivity index (χ2n) is 4.31. The largest absolute Gasteiger partial charge is 0.496 e. The van der Waals surface area contributed by atoms with Crippen molar-refractivity contribution in [3.63, 3.8) is 0 Å². The molecule has 0 spiro atoms. The molecule has 0 fully saturated rings. The number of hydrogen-bond acceptors (Lipinski definition) is 4. The van der Waals surface area contributed by atoms with Crippen molar-refractivity contribution < 1.29 is 9.47 Å². The second kappa shape index (κ2) is 8.38. The molecule has 19 heavy (non-hydrogen) atoms. The SMILES string of the molecule is CCCC(OCC)C(NN)c1cc(Cl)ccc1OC. The van der Waals surface area contributed by atoms with Crippen LogP contribution < -0.4 is 16.0 Å². The molecule has 0 aromatic heterocycles. The fraction of sp³-hybridized carbons (Fsp3) is 0.571. The van der Waals surface area contributed by atoms with Crippen molar-refractivity contribution in [2.45, 2.75) is 38.8 Å². The van der Waals surface area contributed by atoms with E-state index < -0.39 is 0 Å². The first-order valence-electron chi connectivity index (χ1n) is 6.59. The first kappa shape index (κ1) is 16.2. The predicted octanol–water partition coefficient (Wildman–Crippen LogP) is 3.06. The Morgan fingerprint density at radius 3 is 2.63 bits per heavy atom. The van der Waals surface area contributed by atoms with E-state index >= 15 is 0 Å². The summed E-state index contributed by atoms with van der Waals surface area (Å²) in [5.74, 6) is 6.47. The van der Waals surface area contributed by atoms with Crippen molar-refractivity contribution in [2.24, 2.45) is 5.84 Å². The first-order valence-corrected chi connectivity index (χ1v) is 6.96. The van der Waals surface area contributed by atoms with Gasteiger partial charge in [0, 0.05) is 17.2 Å². The standard InChI is InChI=1S/C14H23ClN2O2/c1-4-6-13(19-5-2)14(17-16)11-9-10(15)7-8-12(11)18-3/h7-9,13-14,17H,4-6,16H2,1-3H3. The lowest BCUT2D eigenvalue weighted by atomic mass is 9.97. The maximum atomic E-state index is 6.07. The molecular weight excluding hydrogens is 264 g/mol. The van der Waals surface area contributed by atoms with Crippen LogP contribution in [0.3, 0.4) is 0 Å². The van der Waals surface area contributed by atoms with Crippen LogP contribution in [0.25, 0.3) is 0 Å². The number of halogens is 1. The number of methoxy groups -OCH3 is 1. The highest BCUT2D eigenvalue weighted by Gasteiger charge is 2.25. The third kappa shape index (κ3) is 4.35. The third-order valence-electron chi connectivity index (χ3n) is 3.03. The van der Waals surface area contributed by atoms with E-state index in [1.807, 2.05) is 19.1 Å². The Balaban J connectivity index is 3.08. The number of benzene rings is 1. The summed E-state index contributed by atoms with van der Waals surface area (Å²) in [4.78, 5) is 0. The minimum absolute atomic E-state index is 0.00707. The summed E-state index contributed by atoms with van der Waals surface area (Å²) >= 11 is 6.07. The molecule has 3 N–H and O–H groups in total. The molecule has 2 atom stereocenters. The van der Waals surface area contributed by atoms with Crippen molar-refractivity contribution in [1.82, 2.24) is 5.43 Å². The van der Waals surface area contributed by atoms with Crippen molar-refractivity contribution in [1.29, 1.82) is 0 Å². The van der Waals surface area contributed by atoms with Crippen LogP contribution in [0.5, 0.6) is 5.75 Å². The molecule has 0 aliphatic rings. The molecule has 0 saturated heterocycles. The van der Waals surface area contributed by atoms with Gasteiger partial charge in [-0.3, -0.25) is 11.3 Å². The maximum Gasteiger partial charge on any atom is 0.123 e. The van der Waals surface area contributed by atoms with Crippen LogP contribution in [0.2, 0.25) is 5.02 Å². The number of rotatable bonds is 8. The highest BCUT2D eigenvalue weighted by Crippen LogP contribution is 2.32. The molecule has 1 rings (SSSR count). The van der Waals surface area contributed by atoms with Crippen LogP contribution in [0.4, 0.5) is 0 Å². The highest BCUT2D eigenvalue weighted by atomic mass is 35.5. The Morgan fingerprint density at radius 2 is 2.11 bits per heavy atom. The number of hydrazine groups is 1. The van der Waals surface area contributed by atoms with Gasteiger partial charge in [-0.2, -0.15) is 0 Å². The van der Waals surface area contributed by atoms with Crippen molar-refractivity contribution in [2.75, 3.05) is 13.7 Å². The molecule has 108 valence electrons. The van der Waals surface area contributed by atoms with Gasteiger partial charge in [0.25, 0.3) is 0 Å². The van der Waals surface area contributed by atoms with Gasteiger partial charge >= 0.3 is 0 Å². The Kier molecular flexibility index (Phi) is 7.16. The normalized spacial score (nSPS) is 14.2. The summed E-state index contributed by atoms with van der Waals surface area (Å²) in [7, 11) is 1.63. The Labute approximate surface area is 120 Å². The van der Waals surface area contributed by atoms with Gasteiger partial charge in [-0.15, -0.1) is 0 Å². The second-order valence-corrected chi connectivity index (χ2v) is 4.75. The minimum atomic E-state index is -0.145. The molecule has 0 saturated carbocycles. The van der Waals surface area contributed by atoms with Gasteiger partial charge in [0.1, 0.15) is 5.75 Å². The van der Waals surface area contributed by atoms with Crippen molar-refractivity contribution >= 4 is 11.6 Å². The van der Waals surface area contributed by atoms with E-state index in [4.69, 9.17) is 26.9 Å². The molecule has 1 aromatic rings. The number of nitrogens with two attached hydrogens (primary N) is 1. The van der Waals surface area contributed by atoms with Gasteiger partial charge in [0.05, 0.1) is 19.3 Å². The highest BCUT2D eigenvalue weighted by molar-refractivity contribution is 6.30. The van der Waals surface area contributed by atoms with E-state index in [0.29, 0.717) is 11.6 Å². The molecule has 2 unspecified atom stereocenters. The fourth-order valence-corrected chi connectivity index (χ4v) is 2.37. The van der Waals surface area contributed by atoms with E-state index in [2.05, 4.69) is 12.3 Å². The van der Waals surface area contributed by atoms with Gasteiger partial charge in [-0.1, -0.05) is 24.9 Å². The number of ether oxygens (including phenoxy) is 2. The monoisotopic (exact) mass is 286 g/mol. The molecule has 4 nitrogen and oxygen atoms in total. The Bertz CT molecular complexity index is 382. The average molecular weight is 287 g/mol. The lowest BCUT2D eigenvalue weighted by molar-refractivity contribution is 0.0270. The Morgan fingerprint density at radius 1 is 1.37 bits per heavy atom. The summed E-state index contributed by atoms with van der Waals surface area (Å²) in [6, 6.07) is 5.37. The van der Waals surface area contributed by atoms with E-state index in [1.165, 1.54) is 0 Å².